The summed E-state index contributed by atoms with van der Waals surface area (Å²) in [5.74, 6) is 0.0843. The van der Waals surface area contributed by atoms with E-state index in [4.69, 9.17) is 9.47 Å². The Balaban J connectivity index is 1.90. The molecule has 0 aromatic heterocycles. The number of hydrogen-bond acceptors (Lipinski definition) is 3. The van der Waals surface area contributed by atoms with Gasteiger partial charge in [-0.25, -0.2) is 4.39 Å². The van der Waals surface area contributed by atoms with Crippen LogP contribution < -0.4 is 9.64 Å². The highest BCUT2D eigenvalue weighted by atomic mass is 19.1. The molecular weight excluding hydrogens is 237 g/mol. The van der Waals surface area contributed by atoms with Crippen molar-refractivity contribution in [2.45, 2.75) is 18.9 Å². The van der Waals surface area contributed by atoms with Gasteiger partial charge < -0.3 is 14.4 Å². The van der Waals surface area contributed by atoms with E-state index in [1.54, 1.807) is 11.0 Å². The minimum absolute atomic E-state index is 0.0948. The van der Waals surface area contributed by atoms with Crippen molar-refractivity contribution in [1.29, 1.82) is 0 Å². The van der Waals surface area contributed by atoms with E-state index < -0.39 is 0 Å². The molecule has 0 aliphatic carbocycles. The minimum Gasteiger partial charge on any atom is -0.490 e. The summed E-state index contributed by atoms with van der Waals surface area (Å²) in [7, 11) is 0. The van der Waals surface area contributed by atoms with Crippen LogP contribution in [0.25, 0.3) is 0 Å². The molecule has 0 spiro atoms. The van der Waals surface area contributed by atoms with E-state index in [9.17, 15) is 9.18 Å². The lowest BCUT2D eigenvalue weighted by Crippen LogP contribution is -2.43. The average molecular weight is 251 g/mol. The first-order chi connectivity index (χ1) is 8.75. The van der Waals surface area contributed by atoms with Crippen LogP contribution in [0.4, 0.5) is 10.1 Å². The number of halogens is 1. The molecule has 18 heavy (non-hydrogen) atoms. The number of anilines is 1. The van der Waals surface area contributed by atoms with Crippen LogP contribution >= 0.6 is 0 Å². The summed E-state index contributed by atoms with van der Waals surface area (Å²) in [5.41, 5.74) is 0.502. The first-order valence-electron chi connectivity index (χ1n) is 6.11. The predicted octanol–water partition coefficient (Wildman–Crippen LogP) is 1.73. The molecular formula is C13H14FNO3. The molecule has 1 fully saturated rings. The molecule has 1 saturated heterocycles. The van der Waals surface area contributed by atoms with Crippen molar-refractivity contribution in [2.24, 2.45) is 0 Å². The van der Waals surface area contributed by atoms with Crippen LogP contribution in [0.5, 0.6) is 5.75 Å². The van der Waals surface area contributed by atoms with Crippen molar-refractivity contribution in [2.75, 3.05) is 24.7 Å². The lowest BCUT2D eigenvalue weighted by molar-refractivity contribution is -0.127. The third-order valence-corrected chi connectivity index (χ3v) is 3.26. The maximum atomic E-state index is 13.3. The topological polar surface area (TPSA) is 38.8 Å². The first-order valence-corrected chi connectivity index (χ1v) is 6.11. The number of ether oxygens (including phenoxy) is 2. The number of fused-ring (bicyclic) bond motifs is 1. The van der Waals surface area contributed by atoms with Gasteiger partial charge in [-0.15, -0.1) is 0 Å². The molecule has 4 nitrogen and oxygen atoms in total. The number of benzene rings is 1. The molecule has 1 unspecified atom stereocenters. The molecule has 96 valence electrons. The second-order valence-corrected chi connectivity index (χ2v) is 4.45. The van der Waals surface area contributed by atoms with Gasteiger partial charge in [0.15, 0.2) is 0 Å². The minimum atomic E-state index is -0.390. The van der Waals surface area contributed by atoms with Crippen LogP contribution in [0.1, 0.15) is 12.8 Å². The van der Waals surface area contributed by atoms with Gasteiger partial charge in [0.2, 0.25) is 0 Å². The zero-order valence-corrected chi connectivity index (χ0v) is 9.89. The van der Waals surface area contributed by atoms with Gasteiger partial charge in [-0.3, -0.25) is 4.79 Å². The van der Waals surface area contributed by atoms with Crippen LogP contribution in [0.2, 0.25) is 0 Å². The fraction of sp³-hybridized carbons (Fsp3) is 0.462. The first kappa shape index (κ1) is 11.5. The zero-order valence-electron chi connectivity index (χ0n) is 9.89. The standard InChI is InChI=1S/C13H14FNO3/c14-9-3-4-11-10(8-9)15(5-7-18-11)13(16)12-2-1-6-17-12/h3-4,8,12H,1-2,5-7H2. The normalized spacial score (nSPS) is 22.5. The highest BCUT2D eigenvalue weighted by Crippen LogP contribution is 2.33. The van der Waals surface area contributed by atoms with E-state index in [1.165, 1.54) is 12.1 Å². The Hall–Kier alpha value is -1.62. The van der Waals surface area contributed by atoms with Gasteiger partial charge in [0.1, 0.15) is 24.3 Å². The third kappa shape index (κ3) is 1.95. The van der Waals surface area contributed by atoms with Gasteiger partial charge in [0, 0.05) is 12.7 Å². The molecule has 2 aliphatic rings. The number of rotatable bonds is 1. The number of amides is 1. The van der Waals surface area contributed by atoms with Crippen molar-refractivity contribution in [1.82, 2.24) is 0 Å². The summed E-state index contributed by atoms with van der Waals surface area (Å²) in [6.45, 7) is 1.49. The summed E-state index contributed by atoms with van der Waals surface area (Å²) >= 11 is 0. The molecule has 1 atom stereocenters. The van der Waals surface area contributed by atoms with Crippen molar-refractivity contribution in [3.8, 4) is 5.75 Å². The van der Waals surface area contributed by atoms with Crippen LogP contribution in [0, 0.1) is 5.82 Å². The number of carbonyl (C=O) groups is 1. The van der Waals surface area contributed by atoms with Crippen molar-refractivity contribution in [3.05, 3.63) is 24.0 Å². The molecule has 3 rings (SSSR count). The predicted molar refractivity (Wildman–Crippen MR) is 63.2 cm³/mol. The fourth-order valence-corrected chi connectivity index (χ4v) is 2.37. The second-order valence-electron chi connectivity index (χ2n) is 4.45. The van der Waals surface area contributed by atoms with Gasteiger partial charge in [-0.2, -0.15) is 0 Å². The van der Waals surface area contributed by atoms with Crippen LogP contribution in [0.15, 0.2) is 18.2 Å². The Kier molecular flexibility index (Phi) is 2.91. The van der Waals surface area contributed by atoms with Gasteiger partial charge in [-0.05, 0) is 25.0 Å². The highest BCUT2D eigenvalue weighted by Gasteiger charge is 2.32. The maximum absolute atomic E-state index is 13.3. The molecule has 0 bridgehead atoms. The molecule has 1 amide bonds. The van der Waals surface area contributed by atoms with E-state index in [0.717, 1.165) is 12.8 Å². The smallest absolute Gasteiger partial charge is 0.256 e. The third-order valence-electron chi connectivity index (χ3n) is 3.26. The van der Waals surface area contributed by atoms with Gasteiger partial charge in [-0.1, -0.05) is 0 Å². The Morgan fingerprint density at radius 2 is 2.28 bits per heavy atom. The molecule has 1 aromatic carbocycles. The number of carbonyl (C=O) groups excluding carboxylic acids is 1. The van der Waals surface area contributed by atoms with E-state index in [-0.39, 0.29) is 17.8 Å². The Labute approximate surface area is 104 Å². The molecule has 2 heterocycles. The quantitative estimate of drug-likeness (QED) is 0.763. The number of nitrogens with zero attached hydrogens (tertiary/aromatic N) is 1. The molecule has 0 saturated carbocycles. The second kappa shape index (κ2) is 4.57. The summed E-state index contributed by atoms with van der Waals surface area (Å²) in [4.78, 5) is 13.9. The molecule has 1 aromatic rings. The lowest BCUT2D eigenvalue weighted by Gasteiger charge is -2.31. The zero-order chi connectivity index (χ0) is 12.5. The van der Waals surface area contributed by atoms with Gasteiger partial charge in [0.25, 0.3) is 5.91 Å². The van der Waals surface area contributed by atoms with Crippen LogP contribution in [0.3, 0.4) is 0 Å². The van der Waals surface area contributed by atoms with E-state index >= 15 is 0 Å². The summed E-state index contributed by atoms with van der Waals surface area (Å²) in [6.07, 6.45) is 1.25. The molecule has 0 N–H and O–H groups in total. The van der Waals surface area contributed by atoms with E-state index in [1.807, 2.05) is 0 Å². The SMILES string of the molecule is O=C(C1CCCO1)N1CCOc2ccc(F)cc21. The Bertz CT molecular complexity index is 471. The van der Waals surface area contributed by atoms with E-state index in [0.29, 0.717) is 31.2 Å². The van der Waals surface area contributed by atoms with Crippen LogP contribution in [-0.2, 0) is 9.53 Å². The molecule has 0 radical (unpaired) electrons. The molecule has 2 aliphatic heterocycles. The van der Waals surface area contributed by atoms with E-state index in [2.05, 4.69) is 0 Å². The Morgan fingerprint density at radius 3 is 3.06 bits per heavy atom. The van der Waals surface area contributed by atoms with Gasteiger partial charge >= 0.3 is 0 Å². The van der Waals surface area contributed by atoms with Crippen molar-refractivity contribution >= 4 is 11.6 Å². The van der Waals surface area contributed by atoms with Crippen LogP contribution in [-0.4, -0.2) is 31.8 Å². The summed E-state index contributed by atoms with van der Waals surface area (Å²) in [5, 5.41) is 0. The Morgan fingerprint density at radius 1 is 1.39 bits per heavy atom. The molecule has 5 heteroatoms. The fourth-order valence-electron chi connectivity index (χ4n) is 2.37. The summed E-state index contributed by atoms with van der Waals surface area (Å²) < 4.78 is 24.1. The van der Waals surface area contributed by atoms with Crippen molar-refractivity contribution < 1.29 is 18.7 Å². The monoisotopic (exact) mass is 251 g/mol. The van der Waals surface area contributed by atoms with Crippen molar-refractivity contribution in [3.63, 3.8) is 0 Å². The maximum Gasteiger partial charge on any atom is 0.256 e. The lowest BCUT2D eigenvalue weighted by atomic mass is 10.1. The van der Waals surface area contributed by atoms with Gasteiger partial charge in [0.05, 0.1) is 12.2 Å². The number of hydrogen-bond donors (Lipinski definition) is 0. The highest BCUT2D eigenvalue weighted by molar-refractivity contribution is 5.98. The average Bonchev–Trinajstić information content (AvgIpc) is 2.91. The summed E-state index contributed by atoms with van der Waals surface area (Å²) in [6, 6.07) is 4.22. The largest absolute Gasteiger partial charge is 0.490 e.